The number of halogens is 1. The van der Waals surface area contributed by atoms with Crippen molar-refractivity contribution in [2.24, 2.45) is 17.1 Å². The van der Waals surface area contributed by atoms with Crippen molar-refractivity contribution < 1.29 is 4.79 Å². The van der Waals surface area contributed by atoms with Gasteiger partial charge >= 0.3 is 0 Å². The summed E-state index contributed by atoms with van der Waals surface area (Å²) in [5.74, 6) is 0.292. The molecule has 1 aromatic carbocycles. The molecule has 1 heterocycles. The van der Waals surface area contributed by atoms with Gasteiger partial charge in [-0.05, 0) is 73.8 Å². The maximum Gasteiger partial charge on any atom is 0.274 e. The molecule has 162 valence electrons. The minimum absolute atomic E-state index is 0.0371. The van der Waals surface area contributed by atoms with E-state index in [-0.39, 0.29) is 17.4 Å². The van der Waals surface area contributed by atoms with Gasteiger partial charge in [-0.15, -0.1) is 5.10 Å². The average Bonchev–Trinajstić information content (AvgIpc) is 2.83. The lowest BCUT2D eigenvalue weighted by Crippen LogP contribution is -2.48. The molecule has 2 N–H and O–H groups in total. The van der Waals surface area contributed by atoms with Crippen LogP contribution in [0.4, 0.5) is 0 Å². The van der Waals surface area contributed by atoms with Crippen LogP contribution in [-0.4, -0.2) is 33.6 Å². The van der Waals surface area contributed by atoms with Crippen LogP contribution in [-0.2, 0) is 6.54 Å². The van der Waals surface area contributed by atoms with Crippen LogP contribution < -0.4 is 5.73 Å². The third-order valence-corrected chi connectivity index (χ3v) is 7.15. The first kappa shape index (κ1) is 21.7. The van der Waals surface area contributed by atoms with Gasteiger partial charge in [0.05, 0.1) is 0 Å². The Morgan fingerprint density at radius 3 is 2.58 bits per heavy atom. The van der Waals surface area contributed by atoms with Crippen LogP contribution in [0.15, 0.2) is 71.9 Å². The summed E-state index contributed by atoms with van der Waals surface area (Å²) in [7, 11) is 0. The summed E-state index contributed by atoms with van der Waals surface area (Å²) in [6.07, 6.45) is 12.5. The van der Waals surface area contributed by atoms with E-state index in [0.717, 1.165) is 42.7 Å². The molecule has 2 aromatic rings. The molecule has 1 saturated carbocycles. The fraction of sp³-hybridized carbons (Fsp3) is 0.400. The molecule has 31 heavy (non-hydrogen) atoms. The third-order valence-electron chi connectivity index (χ3n) is 6.87. The van der Waals surface area contributed by atoms with Gasteiger partial charge in [0, 0.05) is 23.8 Å². The largest absolute Gasteiger partial charge is 0.330 e. The molecular formula is C25H29ClN4O. The van der Waals surface area contributed by atoms with Gasteiger partial charge in [-0.1, -0.05) is 54.1 Å². The maximum atomic E-state index is 13.4. The summed E-state index contributed by atoms with van der Waals surface area (Å²) in [5, 5.41) is 8.87. The summed E-state index contributed by atoms with van der Waals surface area (Å²) in [4.78, 5) is 15.4. The van der Waals surface area contributed by atoms with Crippen LogP contribution in [0.5, 0.6) is 0 Å². The van der Waals surface area contributed by atoms with Gasteiger partial charge in [0.2, 0.25) is 0 Å². The number of amides is 1. The van der Waals surface area contributed by atoms with Crippen LogP contribution in [0.25, 0.3) is 0 Å². The molecule has 0 bridgehead atoms. The Hall–Kier alpha value is -2.50. The quantitative estimate of drug-likeness (QED) is 0.712. The molecule has 1 atom stereocenters. The van der Waals surface area contributed by atoms with Crippen molar-refractivity contribution in [2.45, 2.75) is 44.7 Å². The van der Waals surface area contributed by atoms with E-state index in [1.807, 2.05) is 29.2 Å². The van der Waals surface area contributed by atoms with Crippen molar-refractivity contribution in [3.63, 3.8) is 0 Å². The SMILES string of the molecule is NC[C@]1(C2C=CC=C(Cl)C2)CC[C@@H](N(Cc2ccccc2)C(=O)c2cccnn2)CC1. The monoisotopic (exact) mass is 436 g/mol. The molecule has 1 amide bonds. The molecule has 0 saturated heterocycles. The van der Waals surface area contributed by atoms with E-state index in [9.17, 15) is 4.79 Å². The number of aromatic nitrogens is 2. The molecule has 2 aliphatic rings. The van der Waals surface area contributed by atoms with E-state index in [1.165, 1.54) is 0 Å². The number of allylic oxidation sites excluding steroid dienone is 4. The Balaban J connectivity index is 1.53. The first-order chi connectivity index (χ1) is 15.1. The fourth-order valence-corrected chi connectivity index (χ4v) is 5.22. The van der Waals surface area contributed by atoms with E-state index in [1.54, 1.807) is 18.3 Å². The molecular weight excluding hydrogens is 408 g/mol. The summed E-state index contributed by atoms with van der Waals surface area (Å²) in [6.45, 7) is 1.20. The van der Waals surface area contributed by atoms with E-state index in [4.69, 9.17) is 17.3 Å². The highest BCUT2D eigenvalue weighted by Gasteiger charge is 2.42. The molecule has 0 aliphatic heterocycles. The smallest absolute Gasteiger partial charge is 0.274 e. The first-order valence-electron chi connectivity index (χ1n) is 11.0. The molecule has 1 unspecified atom stereocenters. The number of carbonyl (C=O) groups is 1. The Labute approximate surface area is 189 Å². The molecule has 1 aromatic heterocycles. The van der Waals surface area contributed by atoms with Crippen molar-refractivity contribution in [3.8, 4) is 0 Å². The van der Waals surface area contributed by atoms with Gasteiger partial charge in [-0.3, -0.25) is 4.79 Å². The van der Waals surface area contributed by atoms with Crippen LogP contribution in [0, 0.1) is 11.3 Å². The molecule has 4 rings (SSSR count). The van der Waals surface area contributed by atoms with Crippen LogP contribution in [0.1, 0.15) is 48.2 Å². The normalized spacial score (nSPS) is 25.7. The second kappa shape index (κ2) is 9.75. The van der Waals surface area contributed by atoms with Crippen molar-refractivity contribution in [1.29, 1.82) is 0 Å². The predicted molar refractivity (Wildman–Crippen MR) is 123 cm³/mol. The second-order valence-corrected chi connectivity index (χ2v) is 9.12. The van der Waals surface area contributed by atoms with Crippen molar-refractivity contribution in [3.05, 3.63) is 83.2 Å². The van der Waals surface area contributed by atoms with E-state index >= 15 is 0 Å². The summed E-state index contributed by atoms with van der Waals surface area (Å²) >= 11 is 6.33. The van der Waals surface area contributed by atoms with E-state index in [0.29, 0.717) is 24.7 Å². The van der Waals surface area contributed by atoms with Gasteiger partial charge in [0.25, 0.3) is 5.91 Å². The fourth-order valence-electron chi connectivity index (χ4n) is 4.99. The lowest BCUT2D eigenvalue weighted by atomic mass is 9.63. The number of nitrogens with two attached hydrogens (primary N) is 1. The second-order valence-electron chi connectivity index (χ2n) is 8.63. The Kier molecular flexibility index (Phi) is 6.83. The number of rotatable bonds is 6. The highest BCUT2D eigenvalue weighted by molar-refractivity contribution is 6.29. The lowest BCUT2D eigenvalue weighted by Gasteiger charge is -2.47. The first-order valence-corrected chi connectivity index (χ1v) is 11.3. The Morgan fingerprint density at radius 1 is 1.16 bits per heavy atom. The van der Waals surface area contributed by atoms with Crippen molar-refractivity contribution in [1.82, 2.24) is 15.1 Å². The summed E-state index contributed by atoms with van der Waals surface area (Å²) in [6, 6.07) is 13.8. The van der Waals surface area contributed by atoms with Gasteiger partial charge in [0.15, 0.2) is 5.69 Å². The highest BCUT2D eigenvalue weighted by Crippen LogP contribution is 2.47. The van der Waals surface area contributed by atoms with Crippen LogP contribution in [0.2, 0.25) is 0 Å². The molecule has 5 nitrogen and oxygen atoms in total. The van der Waals surface area contributed by atoms with E-state index < -0.39 is 0 Å². The third kappa shape index (κ3) is 4.89. The average molecular weight is 437 g/mol. The number of hydrogen-bond donors (Lipinski definition) is 1. The van der Waals surface area contributed by atoms with Gasteiger partial charge in [0.1, 0.15) is 0 Å². The molecule has 0 radical (unpaired) electrons. The Bertz CT molecular complexity index is 937. The summed E-state index contributed by atoms with van der Waals surface area (Å²) in [5.41, 5.74) is 7.86. The van der Waals surface area contributed by atoms with Crippen LogP contribution in [0.3, 0.4) is 0 Å². The topological polar surface area (TPSA) is 72.1 Å². The standard InChI is InChI=1S/C25H29ClN4O/c26-21-9-4-8-20(16-21)25(18-27)13-11-22(12-14-25)30(17-19-6-2-1-3-7-19)24(31)23-10-5-15-28-29-23/h1-10,15,20,22H,11-14,16-18,27H2/t20?,22-,25+. The van der Waals surface area contributed by atoms with Crippen molar-refractivity contribution in [2.75, 3.05) is 6.54 Å². The van der Waals surface area contributed by atoms with Gasteiger partial charge < -0.3 is 10.6 Å². The number of nitrogens with zero attached hydrogens (tertiary/aromatic N) is 3. The number of carbonyl (C=O) groups excluding carboxylic acids is 1. The highest BCUT2D eigenvalue weighted by atomic mass is 35.5. The van der Waals surface area contributed by atoms with Gasteiger partial charge in [-0.25, -0.2) is 0 Å². The zero-order valence-corrected chi connectivity index (χ0v) is 18.4. The minimum atomic E-state index is -0.0641. The zero-order valence-electron chi connectivity index (χ0n) is 17.7. The minimum Gasteiger partial charge on any atom is -0.330 e. The molecule has 0 spiro atoms. The van der Waals surface area contributed by atoms with E-state index in [2.05, 4.69) is 34.5 Å². The maximum absolute atomic E-state index is 13.4. The lowest BCUT2D eigenvalue weighted by molar-refractivity contribution is 0.0424. The van der Waals surface area contributed by atoms with Gasteiger partial charge in [-0.2, -0.15) is 5.10 Å². The van der Waals surface area contributed by atoms with Crippen molar-refractivity contribution >= 4 is 17.5 Å². The molecule has 1 fully saturated rings. The number of benzene rings is 1. The predicted octanol–water partition coefficient (Wildman–Crippen LogP) is 4.71. The zero-order chi connectivity index (χ0) is 21.7. The molecule has 2 aliphatic carbocycles. The number of hydrogen-bond acceptors (Lipinski definition) is 4. The molecule has 6 heteroatoms. The van der Waals surface area contributed by atoms with Crippen LogP contribution >= 0.6 is 11.6 Å². The summed E-state index contributed by atoms with van der Waals surface area (Å²) < 4.78 is 0. The Morgan fingerprint density at radius 2 is 1.94 bits per heavy atom.